The molecule has 118 valence electrons. The van der Waals surface area contributed by atoms with Crippen molar-refractivity contribution in [1.29, 1.82) is 0 Å². The van der Waals surface area contributed by atoms with Gasteiger partial charge in [-0.3, -0.25) is 9.48 Å². The van der Waals surface area contributed by atoms with Crippen LogP contribution in [0.2, 0.25) is 5.15 Å². The first-order chi connectivity index (χ1) is 10.3. The van der Waals surface area contributed by atoms with E-state index in [1.54, 1.807) is 18.7 Å². The van der Waals surface area contributed by atoms with Crippen molar-refractivity contribution in [3.8, 4) is 0 Å². The molecule has 1 atom stereocenters. The van der Waals surface area contributed by atoms with Crippen molar-refractivity contribution < 1.29 is 9.90 Å². The normalized spacial score (nSPS) is 13.7. The predicted octanol–water partition coefficient (Wildman–Crippen LogP) is 1.95. The first kappa shape index (κ1) is 16.5. The maximum absolute atomic E-state index is 12.1. The van der Waals surface area contributed by atoms with E-state index < -0.39 is 5.60 Å². The molecule has 0 spiro atoms. The Bertz CT molecular complexity index is 666. The van der Waals surface area contributed by atoms with Crippen molar-refractivity contribution in [3.63, 3.8) is 0 Å². The predicted molar refractivity (Wildman–Crippen MR) is 85.7 cm³/mol. The Balaban J connectivity index is 1.98. The molecule has 0 aliphatic rings. The number of aryl methyl sites for hydroxylation is 2. The average Bonchev–Trinajstić information content (AvgIpc) is 2.73. The number of hydrogen-bond donors (Lipinski definition) is 2. The third-order valence-corrected chi connectivity index (χ3v) is 4.11. The minimum atomic E-state index is -1.12. The highest BCUT2D eigenvalue weighted by molar-refractivity contribution is 6.30. The van der Waals surface area contributed by atoms with Crippen LogP contribution in [0.15, 0.2) is 30.3 Å². The van der Waals surface area contributed by atoms with Crippen molar-refractivity contribution in [1.82, 2.24) is 15.1 Å². The fourth-order valence-corrected chi connectivity index (χ4v) is 2.51. The third kappa shape index (κ3) is 3.67. The van der Waals surface area contributed by atoms with Gasteiger partial charge in [-0.05, 0) is 19.4 Å². The van der Waals surface area contributed by atoms with E-state index in [0.717, 1.165) is 11.3 Å². The number of hydrogen-bond acceptors (Lipinski definition) is 3. The van der Waals surface area contributed by atoms with Crippen molar-refractivity contribution in [2.45, 2.75) is 25.9 Å². The number of carbonyl (C=O) groups excluding carboxylic acids is 1. The summed E-state index contributed by atoms with van der Waals surface area (Å²) in [5.74, 6) is -0.200. The molecule has 1 aromatic carbocycles. The number of aromatic nitrogens is 2. The van der Waals surface area contributed by atoms with Crippen LogP contribution in [0, 0.1) is 6.92 Å². The highest BCUT2D eigenvalue weighted by Crippen LogP contribution is 2.20. The first-order valence-electron chi connectivity index (χ1n) is 7.04. The largest absolute Gasteiger partial charge is 0.384 e. The number of aliphatic hydroxyl groups is 1. The molecule has 1 amide bonds. The van der Waals surface area contributed by atoms with E-state index in [0.29, 0.717) is 10.7 Å². The van der Waals surface area contributed by atoms with Gasteiger partial charge in [0.05, 0.1) is 18.7 Å². The molecule has 0 fully saturated rings. The summed E-state index contributed by atoms with van der Waals surface area (Å²) in [4.78, 5) is 12.1. The smallest absolute Gasteiger partial charge is 0.224 e. The zero-order chi connectivity index (χ0) is 16.3. The minimum Gasteiger partial charge on any atom is -0.384 e. The van der Waals surface area contributed by atoms with Crippen LogP contribution >= 0.6 is 11.6 Å². The number of nitrogens with zero attached hydrogens (tertiary/aromatic N) is 2. The molecule has 22 heavy (non-hydrogen) atoms. The molecule has 0 bridgehead atoms. The summed E-state index contributed by atoms with van der Waals surface area (Å²) in [7, 11) is 1.73. The van der Waals surface area contributed by atoms with E-state index in [1.165, 1.54) is 0 Å². The highest BCUT2D eigenvalue weighted by atomic mass is 35.5. The van der Waals surface area contributed by atoms with E-state index >= 15 is 0 Å². The number of nitrogens with one attached hydrogen (secondary N) is 1. The average molecular weight is 322 g/mol. The van der Waals surface area contributed by atoms with Gasteiger partial charge >= 0.3 is 0 Å². The number of amides is 1. The van der Waals surface area contributed by atoms with Crippen LogP contribution in [0.4, 0.5) is 0 Å². The van der Waals surface area contributed by atoms with Gasteiger partial charge in [-0.1, -0.05) is 41.9 Å². The molecule has 1 heterocycles. The van der Waals surface area contributed by atoms with Gasteiger partial charge in [-0.25, -0.2) is 0 Å². The molecule has 1 unspecified atom stereocenters. The Labute approximate surface area is 134 Å². The SMILES string of the molecule is Cc1nn(C)c(Cl)c1CC(=O)NCC(C)(O)c1ccccc1. The van der Waals surface area contributed by atoms with Gasteiger partial charge in [0.1, 0.15) is 10.8 Å². The Morgan fingerprint density at radius 3 is 2.59 bits per heavy atom. The zero-order valence-electron chi connectivity index (χ0n) is 12.9. The minimum absolute atomic E-state index is 0.132. The van der Waals surface area contributed by atoms with E-state index in [4.69, 9.17) is 11.6 Å². The fourth-order valence-electron chi connectivity index (χ4n) is 2.27. The van der Waals surface area contributed by atoms with Crippen molar-refractivity contribution in [2.24, 2.45) is 7.05 Å². The molecule has 0 saturated carbocycles. The maximum Gasteiger partial charge on any atom is 0.224 e. The first-order valence-corrected chi connectivity index (χ1v) is 7.41. The highest BCUT2D eigenvalue weighted by Gasteiger charge is 2.24. The van der Waals surface area contributed by atoms with Crippen LogP contribution in [0.5, 0.6) is 0 Å². The van der Waals surface area contributed by atoms with E-state index in [2.05, 4.69) is 10.4 Å². The maximum atomic E-state index is 12.1. The summed E-state index contributed by atoms with van der Waals surface area (Å²) >= 11 is 6.12. The molecule has 1 aromatic heterocycles. The molecular weight excluding hydrogens is 302 g/mol. The molecule has 0 aliphatic carbocycles. The van der Waals surface area contributed by atoms with Crippen LogP contribution in [0.1, 0.15) is 23.7 Å². The molecule has 2 N–H and O–H groups in total. The van der Waals surface area contributed by atoms with Crippen LogP contribution in [0.3, 0.4) is 0 Å². The summed E-state index contributed by atoms with van der Waals surface area (Å²) in [6.07, 6.45) is 0.142. The van der Waals surface area contributed by atoms with Gasteiger partial charge in [0.25, 0.3) is 0 Å². The van der Waals surface area contributed by atoms with Gasteiger partial charge in [0.15, 0.2) is 0 Å². The number of carbonyl (C=O) groups is 1. The monoisotopic (exact) mass is 321 g/mol. The zero-order valence-corrected chi connectivity index (χ0v) is 13.7. The van der Waals surface area contributed by atoms with Gasteiger partial charge in [-0.15, -0.1) is 0 Å². The second-order valence-corrected chi connectivity index (χ2v) is 5.93. The summed E-state index contributed by atoms with van der Waals surface area (Å²) in [5.41, 5.74) is 1.08. The van der Waals surface area contributed by atoms with Gasteiger partial charge < -0.3 is 10.4 Å². The van der Waals surface area contributed by atoms with Crippen LogP contribution < -0.4 is 5.32 Å². The summed E-state index contributed by atoms with van der Waals surface area (Å²) in [6.45, 7) is 3.62. The molecule has 2 rings (SSSR count). The Morgan fingerprint density at radius 1 is 1.41 bits per heavy atom. The Kier molecular flexibility index (Phi) is 4.88. The van der Waals surface area contributed by atoms with Crippen molar-refractivity contribution in [3.05, 3.63) is 52.3 Å². The summed E-state index contributed by atoms with van der Waals surface area (Å²) < 4.78 is 1.54. The van der Waals surface area contributed by atoms with Gasteiger partial charge in [-0.2, -0.15) is 5.10 Å². The second kappa shape index (κ2) is 6.50. The van der Waals surface area contributed by atoms with E-state index in [1.807, 2.05) is 37.3 Å². The summed E-state index contributed by atoms with van der Waals surface area (Å²) in [5, 5.41) is 17.8. The Hall–Kier alpha value is -1.85. The number of rotatable bonds is 5. The Morgan fingerprint density at radius 2 is 2.05 bits per heavy atom. The van der Waals surface area contributed by atoms with E-state index in [9.17, 15) is 9.90 Å². The van der Waals surface area contributed by atoms with Crippen molar-refractivity contribution >= 4 is 17.5 Å². The van der Waals surface area contributed by atoms with Gasteiger partial charge in [0.2, 0.25) is 5.91 Å². The summed E-state index contributed by atoms with van der Waals surface area (Å²) in [6, 6.07) is 9.24. The number of halogens is 1. The molecule has 6 heteroatoms. The molecule has 0 aliphatic heterocycles. The lowest BCUT2D eigenvalue weighted by atomic mass is 9.96. The van der Waals surface area contributed by atoms with Crippen LogP contribution in [0.25, 0.3) is 0 Å². The van der Waals surface area contributed by atoms with E-state index in [-0.39, 0.29) is 18.9 Å². The molecular formula is C16H20ClN3O2. The lowest BCUT2D eigenvalue weighted by molar-refractivity contribution is -0.121. The van der Waals surface area contributed by atoms with Crippen LogP contribution in [-0.2, 0) is 23.9 Å². The molecule has 2 aromatic rings. The quantitative estimate of drug-likeness (QED) is 0.884. The fraction of sp³-hybridized carbons (Fsp3) is 0.375. The van der Waals surface area contributed by atoms with Crippen LogP contribution in [-0.4, -0.2) is 27.3 Å². The van der Waals surface area contributed by atoms with Gasteiger partial charge in [0, 0.05) is 12.6 Å². The van der Waals surface area contributed by atoms with Crippen molar-refractivity contribution in [2.75, 3.05) is 6.54 Å². The standard InChI is InChI=1S/C16H20ClN3O2/c1-11-13(15(17)20(3)19-11)9-14(21)18-10-16(2,22)12-7-5-4-6-8-12/h4-8,22H,9-10H2,1-3H3,(H,18,21). The number of benzene rings is 1. The second-order valence-electron chi connectivity index (χ2n) is 5.57. The molecule has 0 radical (unpaired) electrons. The lowest BCUT2D eigenvalue weighted by Crippen LogP contribution is -2.39. The topological polar surface area (TPSA) is 67.2 Å². The third-order valence-electron chi connectivity index (χ3n) is 3.63. The molecule has 5 nitrogen and oxygen atoms in total. The molecule has 0 saturated heterocycles. The lowest BCUT2D eigenvalue weighted by Gasteiger charge is -2.24.